The zero-order valence-corrected chi connectivity index (χ0v) is 15.4. The lowest BCUT2D eigenvalue weighted by Gasteiger charge is -2.32. The number of hydrazine groups is 1. The number of piperidine rings is 1. The van der Waals surface area contributed by atoms with E-state index < -0.39 is 0 Å². The fraction of sp³-hybridized carbons (Fsp3) is 0.364. The number of carbonyl (C=O) groups is 2. The minimum atomic E-state index is -0.113. The van der Waals surface area contributed by atoms with E-state index >= 15 is 0 Å². The van der Waals surface area contributed by atoms with Crippen molar-refractivity contribution in [2.45, 2.75) is 25.3 Å². The van der Waals surface area contributed by atoms with Gasteiger partial charge in [-0.2, -0.15) is 0 Å². The van der Waals surface area contributed by atoms with Crippen LogP contribution < -0.4 is 10.9 Å². The smallest absolute Gasteiger partial charge is 0.253 e. The van der Waals surface area contributed by atoms with E-state index in [1.807, 2.05) is 59.5 Å². The van der Waals surface area contributed by atoms with Gasteiger partial charge in [0.05, 0.1) is 0 Å². The largest absolute Gasteiger partial charge is 0.338 e. The molecule has 140 valence electrons. The van der Waals surface area contributed by atoms with Crippen LogP contribution in [-0.2, 0) is 0 Å². The molecule has 0 aliphatic carbocycles. The number of rotatable bonds is 4. The zero-order chi connectivity index (χ0) is 18.6. The molecule has 27 heavy (non-hydrogen) atoms. The Balaban J connectivity index is 1.43. The van der Waals surface area contributed by atoms with Crippen molar-refractivity contribution < 1.29 is 9.59 Å². The molecule has 0 spiro atoms. The van der Waals surface area contributed by atoms with E-state index in [-0.39, 0.29) is 17.6 Å². The molecule has 0 bridgehead atoms. The van der Waals surface area contributed by atoms with E-state index in [4.69, 9.17) is 0 Å². The third-order valence-corrected chi connectivity index (χ3v) is 5.53. The molecule has 2 atom stereocenters. The van der Waals surface area contributed by atoms with Crippen LogP contribution in [0.2, 0.25) is 0 Å². The minimum Gasteiger partial charge on any atom is -0.338 e. The Morgan fingerprint density at radius 3 is 2.41 bits per heavy atom. The molecule has 2 aromatic rings. The Kier molecular flexibility index (Phi) is 5.32. The standard InChI is InChI=1S/C22H25N3O2/c26-21(17-5-2-1-3-6-17)19-7-4-14-25(15-19)22(27)18-10-8-16(9-11-18)20-12-13-23-24-20/h1-3,5-6,8-11,19-20,23-24H,4,7,12-15H2. The zero-order valence-electron chi connectivity index (χ0n) is 15.4. The number of hydrogen-bond donors (Lipinski definition) is 2. The Labute approximate surface area is 159 Å². The van der Waals surface area contributed by atoms with Gasteiger partial charge in [0.2, 0.25) is 0 Å². The summed E-state index contributed by atoms with van der Waals surface area (Å²) in [6, 6.07) is 17.5. The molecular formula is C22H25N3O2. The van der Waals surface area contributed by atoms with E-state index in [0.29, 0.717) is 24.7 Å². The second kappa shape index (κ2) is 8.03. The van der Waals surface area contributed by atoms with Crippen molar-refractivity contribution in [1.29, 1.82) is 0 Å². The molecule has 2 aliphatic heterocycles. The van der Waals surface area contributed by atoms with Gasteiger partial charge >= 0.3 is 0 Å². The fourth-order valence-corrected chi connectivity index (χ4v) is 3.99. The highest BCUT2D eigenvalue weighted by Crippen LogP contribution is 2.24. The van der Waals surface area contributed by atoms with Gasteiger partial charge in [0, 0.05) is 42.7 Å². The Morgan fingerprint density at radius 1 is 0.926 bits per heavy atom. The highest BCUT2D eigenvalue weighted by atomic mass is 16.2. The van der Waals surface area contributed by atoms with Crippen LogP contribution in [-0.4, -0.2) is 36.2 Å². The van der Waals surface area contributed by atoms with Crippen LogP contribution in [0.25, 0.3) is 0 Å². The molecule has 0 saturated carbocycles. The van der Waals surface area contributed by atoms with E-state index in [1.165, 1.54) is 5.56 Å². The number of benzene rings is 2. The molecule has 5 heteroatoms. The van der Waals surface area contributed by atoms with Crippen LogP contribution in [0.15, 0.2) is 54.6 Å². The number of ketones is 1. The van der Waals surface area contributed by atoms with Crippen LogP contribution in [0.3, 0.4) is 0 Å². The molecule has 0 aromatic heterocycles. The molecule has 5 nitrogen and oxygen atoms in total. The maximum absolute atomic E-state index is 12.9. The van der Waals surface area contributed by atoms with Gasteiger partial charge in [0.15, 0.2) is 5.78 Å². The predicted octanol–water partition coefficient (Wildman–Crippen LogP) is 2.96. The second-order valence-electron chi connectivity index (χ2n) is 7.35. The topological polar surface area (TPSA) is 61.4 Å². The average Bonchev–Trinajstić information content (AvgIpc) is 3.28. The van der Waals surface area contributed by atoms with Gasteiger partial charge in [-0.05, 0) is 37.0 Å². The first kappa shape index (κ1) is 17.9. The van der Waals surface area contributed by atoms with Crippen molar-refractivity contribution in [3.63, 3.8) is 0 Å². The summed E-state index contributed by atoms with van der Waals surface area (Å²) in [5.41, 5.74) is 8.98. The molecular weight excluding hydrogens is 338 g/mol. The molecule has 2 unspecified atom stereocenters. The highest BCUT2D eigenvalue weighted by Gasteiger charge is 2.29. The highest BCUT2D eigenvalue weighted by molar-refractivity contribution is 5.99. The molecule has 4 rings (SSSR count). The maximum Gasteiger partial charge on any atom is 0.253 e. The monoisotopic (exact) mass is 363 g/mol. The van der Waals surface area contributed by atoms with Crippen molar-refractivity contribution in [2.24, 2.45) is 5.92 Å². The summed E-state index contributed by atoms with van der Waals surface area (Å²) in [6.45, 7) is 2.17. The lowest BCUT2D eigenvalue weighted by atomic mass is 9.89. The van der Waals surface area contributed by atoms with Gasteiger partial charge in [-0.1, -0.05) is 42.5 Å². The van der Waals surface area contributed by atoms with Crippen LogP contribution >= 0.6 is 0 Å². The molecule has 2 saturated heterocycles. The van der Waals surface area contributed by atoms with Crippen LogP contribution in [0.4, 0.5) is 0 Å². The maximum atomic E-state index is 12.9. The van der Waals surface area contributed by atoms with Crippen molar-refractivity contribution in [2.75, 3.05) is 19.6 Å². The number of carbonyl (C=O) groups excluding carboxylic acids is 2. The number of amides is 1. The summed E-state index contributed by atoms with van der Waals surface area (Å²) in [6.07, 6.45) is 2.75. The minimum absolute atomic E-state index is 0.0182. The van der Waals surface area contributed by atoms with Crippen molar-refractivity contribution >= 4 is 11.7 Å². The molecule has 1 amide bonds. The summed E-state index contributed by atoms with van der Waals surface area (Å²) in [7, 11) is 0. The van der Waals surface area contributed by atoms with Gasteiger partial charge in [0.25, 0.3) is 5.91 Å². The normalized spacial score (nSPS) is 22.6. The van der Waals surface area contributed by atoms with Gasteiger partial charge in [-0.25, -0.2) is 0 Å². The third kappa shape index (κ3) is 3.94. The number of likely N-dealkylation sites (tertiary alicyclic amines) is 1. The quantitative estimate of drug-likeness (QED) is 0.820. The van der Waals surface area contributed by atoms with E-state index in [2.05, 4.69) is 10.9 Å². The van der Waals surface area contributed by atoms with Crippen LogP contribution in [0, 0.1) is 5.92 Å². The molecule has 2 heterocycles. The summed E-state index contributed by atoms with van der Waals surface area (Å²) >= 11 is 0. The average molecular weight is 363 g/mol. The lowest BCUT2D eigenvalue weighted by molar-refractivity contribution is 0.0637. The summed E-state index contributed by atoms with van der Waals surface area (Å²) < 4.78 is 0. The van der Waals surface area contributed by atoms with E-state index in [0.717, 1.165) is 31.4 Å². The molecule has 2 aromatic carbocycles. The fourth-order valence-electron chi connectivity index (χ4n) is 3.99. The molecule has 0 radical (unpaired) electrons. The number of hydrogen-bond acceptors (Lipinski definition) is 4. The number of nitrogens with zero attached hydrogens (tertiary/aromatic N) is 1. The Bertz CT molecular complexity index is 798. The summed E-state index contributed by atoms with van der Waals surface area (Å²) in [4.78, 5) is 27.5. The Hall–Kier alpha value is -2.50. The van der Waals surface area contributed by atoms with E-state index in [9.17, 15) is 9.59 Å². The first-order valence-corrected chi connectivity index (χ1v) is 9.69. The van der Waals surface area contributed by atoms with Gasteiger partial charge < -0.3 is 4.90 Å². The van der Waals surface area contributed by atoms with Crippen LogP contribution in [0.5, 0.6) is 0 Å². The lowest BCUT2D eigenvalue weighted by Crippen LogP contribution is -2.42. The van der Waals surface area contributed by atoms with Crippen molar-refractivity contribution in [3.05, 3.63) is 71.3 Å². The first-order chi connectivity index (χ1) is 13.2. The predicted molar refractivity (Wildman–Crippen MR) is 104 cm³/mol. The summed E-state index contributed by atoms with van der Waals surface area (Å²) in [5.74, 6) is 0.0472. The first-order valence-electron chi connectivity index (χ1n) is 9.69. The second-order valence-corrected chi connectivity index (χ2v) is 7.35. The summed E-state index contributed by atoms with van der Waals surface area (Å²) in [5, 5.41) is 0. The SMILES string of the molecule is O=C(c1ccccc1)C1CCCN(C(=O)c2ccc(C3CCNN3)cc2)C1. The molecule has 2 N–H and O–H groups in total. The third-order valence-electron chi connectivity index (χ3n) is 5.53. The Morgan fingerprint density at radius 2 is 1.70 bits per heavy atom. The molecule has 2 fully saturated rings. The number of nitrogens with one attached hydrogen (secondary N) is 2. The van der Waals surface area contributed by atoms with Crippen LogP contribution in [0.1, 0.15) is 51.6 Å². The van der Waals surface area contributed by atoms with Crippen molar-refractivity contribution in [1.82, 2.24) is 15.8 Å². The molecule has 2 aliphatic rings. The van der Waals surface area contributed by atoms with E-state index in [1.54, 1.807) is 0 Å². The number of Topliss-reactive ketones (excluding diaryl/α,β-unsaturated/α-hetero) is 1. The van der Waals surface area contributed by atoms with Gasteiger partial charge in [-0.3, -0.25) is 20.4 Å². The van der Waals surface area contributed by atoms with Crippen molar-refractivity contribution in [3.8, 4) is 0 Å². The van der Waals surface area contributed by atoms with Gasteiger partial charge in [-0.15, -0.1) is 0 Å². The van der Waals surface area contributed by atoms with Gasteiger partial charge in [0.1, 0.15) is 0 Å².